The molecule has 1 aliphatic heterocycles. The molecule has 0 atom stereocenters. The van der Waals surface area contributed by atoms with Gasteiger partial charge in [0.2, 0.25) is 0 Å². The number of hydrogen-bond donors (Lipinski definition) is 0. The SMILES string of the molecule is CC(=O)c1ccc(Cl)c(-c2ccc3c(c2)C(=O)CS3(=O)=O)c1. The van der Waals surface area contributed by atoms with Crippen LogP contribution in [0.15, 0.2) is 41.3 Å². The average Bonchev–Trinajstić information content (AvgIpc) is 2.68. The van der Waals surface area contributed by atoms with E-state index in [1.165, 1.54) is 19.1 Å². The van der Waals surface area contributed by atoms with E-state index >= 15 is 0 Å². The summed E-state index contributed by atoms with van der Waals surface area (Å²) in [5.74, 6) is -1.01. The number of sulfone groups is 1. The largest absolute Gasteiger partial charge is 0.295 e. The molecule has 0 unspecified atom stereocenters. The first kappa shape index (κ1) is 14.9. The summed E-state index contributed by atoms with van der Waals surface area (Å²) in [4.78, 5) is 23.4. The van der Waals surface area contributed by atoms with Gasteiger partial charge in [0.05, 0.1) is 4.90 Å². The zero-order valence-corrected chi connectivity index (χ0v) is 13.2. The third-order valence-corrected chi connectivity index (χ3v) is 5.62. The van der Waals surface area contributed by atoms with Gasteiger partial charge >= 0.3 is 0 Å². The van der Waals surface area contributed by atoms with Crippen LogP contribution in [0.1, 0.15) is 27.6 Å². The van der Waals surface area contributed by atoms with Gasteiger partial charge in [0, 0.05) is 21.7 Å². The second-order valence-corrected chi connectivity index (χ2v) is 7.51. The van der Waals surface area contributed by atoms with Gasteiger partial charge in [-0.3, -0.25) is 9.59 Å². The molecule has 1 heterocycles. The van der Waals surface area contributed by atoms with Gasteiger partial charge < -0.3 is 0 Å². The fourth-order valence-corrected chi connectivity index (χ4v) is 4.15. The first-order valence-corrected chi connectivity index (χ1v) is 8.53. The van der Waals surface area contributed by atoms with Gasteiger partial charge in [-0.2, -0.15) is 0 Å². The van der Waals surface area contributed by atoms with Crippen molar-refractivity contribution in [1.29, 1.82) is 0 Å². The van der Waals surface area contributed by atoms with Crippen molar-refractivity contribution < 1.29 is 18.0 Å². The van der Waals surface area contributed by atoms with E-state index in [-0.39, 0.29) is 16.2 Å². The van der Waals surface area contributed by atoms with Crippen LogP contribution in [0.4, 0.5) is 0 Å². The Hall–Kier alpha value is -1.98. The van der Waals surface area contributed by atoms with Crippen LogP contribution in [-0.2, 0) is 9.84 Å². The number of fused-ring (bicyclic) bond motifs is 1. The van der Waals surface area contributed by atoms with Crippen molar-refractivity contribution in [3.8, 4) is 11.1 Å². The molecule has 3 rings (SSSR count). The molecule has 1 aliphatic rings. The lowest BCUT2D eigenvalue weighted by Gasteiger charge is -2.08. The first-order chi connectivity index (χ1) is 10.3. The highest BCUT2D eigenvalue weighted by molar-refractivity contribution is 7.92. The summed E-state index contributed by atoms with van der Waals surface area (Å²) < 4.78 is 23.7. The predicted molar refractivity (Wildman–Crippen MR) is 83.3 cm³/mol. The molecule has 2 aromatic carbocycles. The number of benzene rings is 2. The van der Waals surface area contributed by atoms with E-state index in [2.05, 4.69) is 0 Å². The molecule has 0 N–H and O–H groups in total. The van der Waals surface area contributed by atoms with Crippen LogP contribution in [0, 0.1) is 0 Å². The Morgan fingerprint density at radius 1 is 1.09 bits per heavy atom. The Kier molecular flexibility index (Phi) is 3.42. The number of carbonyl (C=O) groups is 2. The lowest BCUT2D eigenvalue weighted by molar-refractivity contribution is 0.101. The maximum absolute atomic E-state index is 11.9. The second kappa shape index (κ2) is 5.04. The van der Waals surface area contributed by atoms with E-state index in [0.29, 0.717) is 21.7 Å². The molecule has 112 valence electrons. The molecule has 0 aromatic heterocycles. The van der Waals surface area contributed by atoms with Crippen molar-refractivity contribution in [2.75, 3.05) is 5.75 Å². The maximum atomic E-state index is 11.9. The minimum absolute atomic E-state index is 0.0556. The molecule has 0 amide bonds. The summed E-state index contributed by atoms with van der Waals surface area (Å²) in [5, 5.41) is 0.429. The molecule has 0 aliphatic carbocycles. The molecule has 0 saturated heterocycles. The summed E-state index contributed by atoms with van der Waals surface area (Å²) >= 11 is 6.16. The van der Waals surface area contributed by atoms with Crippen molar-refractivity contribution in [3.05, 3.63) is 52.5 Å². The topological polar surface area (TPSA) is 68.3 Å². The highest BCUT2D eigenvalue weighted by atomic mass is 35.5. The molecule has 0 radical (unpaired) electrons. The molecular weight excluding hydrogens is 324 g/mol. The van der Waals surface area contributed by atoms with Crippen LogP contribution >= 0.6 is 11.6 Å². The number of halogens is 1. The van der Waals surface area contributed by atoms with Crippen LogP contribution in [0.25, 0.3) is 11.1 Å². The van der Waals surface area contributed by atoms with Crippen molar-refractivity contribution >= 4 is 33.0 Å². The zero-order chi connectivity index (χ0) is 16.1. The molecule has 2 aromatic rings. The molecule has 6 heteroatoms. The lowest BCUT2D eigenvalue weighted by atomic mass is 9.99. The van der Waals surface area contributed by atoms with E-state index < -0.39 is 21.4 Å². The van der Waals surface area contributed by atoms with Gasteiger partial charge in [0.25, 0.3) is 0 Å². The number of rotatable bonds is 2. The van der Waals surface area contributed by atoms with Crippen molar-refractivity contribution in [2.24, 2.45) is 0 Å². The molecular formula is C16H11ClO4S. The van der Waals surface area contributed by atoms with Crippen molar-refractivity contribution in [1.82, 2.24) is 0 Å². The van der Waals surface area contributed by atoms with Gasteiger partial charge in [0.1, 0.15) is 5.75 Å². The van der Waals surface area contributed by atoms with E-state index in [4.69, 9.17) is 11.6 Å². The minimum atomic E-state index is -3.52. The van der Waals surface area contributed by atoms with Gasteiger partial charge in [0.15, 0.2) is 21.4 Å². The van der Waals surface area contributed by atoms with Gasteiger partial charge in [-0.15, -0.1) is 0 Å². The number of Topliss-reactive ketones (excluding diaryl/α,β-unsaturated/α-hetero) is 2. The summed E-state index contributed by atoms with van der Waals surface area (Å²) in [7, 11) is -3.52. The number of carbonyl (C=O) groups excluding carboxylic acids is 2. The summed E-state index contributed by atoms with van der Waals surface area (Å²) in [6.07, 6.45) is 0. The van der Waals surface area contributed by atoms with Crippen LogP contribution in [0.3, 0.4) is 0 Å². The quantitative estimate of drug-likeness (QED) is 0.791. The Bertz CT molecular complexity index is 929. The lowest BCUT2D eigenvalue weighted by Crippen LogP contribution is -2.03. The second-order valence-electron chi connectivity index (χ2n) is 5.14. The minimum Gasteiger partial charge on any atom is -0.295 e. The van der Waals surface area contributed by atoms with Gasteiger partial charge in [-0.05, 0) is 42.8 Å². The zero-order valence-electron chi connectivity index (χ0n) is 11.6. The van der Waals surface area contributed by atoms with Crippen LogP contribution in [0.2, 0.25) is 5.02 Å². The summed E-state index contributed by atoms with van der Waals surface area (Å²) in [6.45, 7) is 1.45. The third-order valence-electron chi connectivity index (χ3n) is 3.62. The molecule has 4 nitrogen and oxygen atoms in total. The fourth-order valence-electron chi connectivity index (χ4n) is 2.48. The van der Waals surface area contributed by atoms with Gasteiger partial charge in [-0.25, -0.2) is 8.42 Å². The summed E-state index contributed by atoms with van der Waals surface area (Å²) in [5.41, 5.74) is 1.88. The Balaban J connectivity index is 2.20. The monoisotopic (exact) mass is 334 g/mol. The highest BCUT2D eigenvalue weighted by Gasteiger charge is 2.33. The van der Waals surface area contributed by atoms with E-state index in [9.17, 15) is 18.0 Å². The normalized spacial score (nSPS) is 15.6. The average molecular weight is 335 g/mol. The maximum Gasteiger partial charge on any atom is 0.186 e. The van der Waals surface area contributed by atoms with Crippen LogP contribution < -0.4 is 0 Å². The standard InChI is InChI=1S/C16H11ClO4S/c1-9(18)10-2-4-14(17)12(6-10)11-3-5-16-13(7-11)15(19)8-22(16,20)21/h2-7H,8H2,1H3. The van der Waals surface area contributed by atoms with Crippen molar-refractivity contribution in [3.63, 3.8) is 0 Å². The summed E-state index contributed by atoms with van der Waals surface area (Å²) in [6, 6.07) is 9.41. The molecule has 0 spiro atoms. The van der Waals surface area contributed by atoms with Crippen LogP contribution in [0.5, 0.6) is 0 Å². The molecule has 0 bridgehead atoms. The Morgan fingerprint density at radius 2 is 1.82 bits per heavy atom. The van der Waals surface area contributed by atoms with Gasteiger partial charge in [-0.1, -0.05) is 17.7 Å². The molecule has 0 fully saturated rings. The van der Waals surface area contributed by atoms with Crippen LogP contribution in [-0.4, -0.2) is 25.7 Å². The van der Waals surface area contributed by atoms with E-state index in [1.807, 2.05) is 0 Å². The fraction of sp³-hybridized carbons (Fsp3) is 0.125. The first-order valence-electron chi connectivity index (χ1n) is 6.50. The van der Waals surface area contributed by atoms with Crippen molar-refractivity contribution in [2.45, 2.75) is 11.8 Å². The third kappa shape index (κ3) is 2.36. The van der Waals surface area contributed by atoms with E-state index in [1.54, 1.807) is 24.3 Å². The molecule has 22 heavy (non-hydrogen) atoms. The highest BCUT2D eigenvalue weighted by Crippen LogP contribution is 2.34. The smallest absolute Gasteiger partial charge is 0.186 e. The molecule has 0 saturated carbocycles. The number of ketones is 2. The Labute approximate surface area is 132 Å². The van der Waals surface area contributed by atoms with E-state index in [0.717, 1.165) is 0 Å². The Morgan fingerprint density at radius 3 is 2.50 bits per heavy atom. The number of hydrogen-bond acceptors (Lipinski definition) is 4. The predicted octanol–water partition coefficient (Wildman–Crippen LogP) is 3.18.